The van der Waals surface area contributed by atoms with E-state index < -0.39 is 5.97 Å². The number of carboxylic acid groups (broad SMARTS) is 1. The van der Waals surface area contributed by atoms with Gasteiger partial charge in [-0.25, -0.2) is 0 Å². The van der Waals surface area contributed by atoms with Crippen molar-refractivity contribution in [3.05, 3.63) is 29.8 Å². The highest BCUT2D eigenvalue weighted by Crippen LogP contribution is 2.13. The highest BCUT2D eigenvalue weighted by molar-refractivity contribution is 5.94. The summed E-state index contributed by atoms with van der Waals surface area (Å²) in [6, 6.07) is 6.90. The highest BCUT2D eigenvalue weighted by atomic mass is 16.5. The van der Waals surface area contributed by atoms with Gasteiger partial charge in [0.05, 0.1) is 6.61 Å². The number of nitrogens with one attached hydrogen (secondary N) is 1. The van der Waals surface area contributed by atoms with Crippen LogP contribution in [0, 0.1) is 5.92 Å². The number of rotatable bonds is 7. The van der Waals surface area contributed by atoms with Crippen LogP contribution < -0.4 is 10.1 Å². The zero-order chi connectivity index (χ0) is 14.3. The van der Waals surface area contributed by atoms with Gasteiger partial charge in [0.2, 0.25) is 0 Å². The normalized spacial score (nSPS) is 11.7. The average molecular weight is 265 g/mol. The summed E-state index contributed by atoms with van der Waals surface area (Å²) < 4.78 is 5.32. The average Bonchev–Trinajstić information content (AvgIpc) is 2.36. The van der Waals surface area contributed by atoms with Gasteiger partial charge in [0.15, 0.2) is 0 Å². The molecule has 0 fully saturated rings. The maximum Gasteiger partial charge on any atom is 0.303 e. The highest BCUT2D eigenvalue weighted by Gasteiger charge is 2.11. The van der Waals surface area contributed by atoms with Gasteiger partial charge in [-0.1, -0.05) is 13.0 Å². The first kappa shape index (κ1) is 15.0. The van der Waals surface area contributed by atoms with E-state index in [1.807, 2.05) is 6.92 Å². The number of benzene rings is 1. The molecule has 0 saturated heterocycles. The van der Waals surface area contributed by atoms with E-state index in [-0.39, 0.29) is 18.2 Å². The van der Waals surface area contributed by atoms with Gasteiger partial charge in [-0.05, 0) is 31.0 Å². The second kappa shape index (κ2) is 7.41. The van der Waals surface area contributed by atoms with Gasteiger partial charge in [0.25, 0.3) is 5.91 Å². The van der Waals surface area contributed by atoms with Gasteiger partial charge < -0.3 is 15.2 Å². The van der Waals surface area contributed by atoms with Crippen LogP contribution in [0.2, 0.25) is 0 Å². The largest absolute Gasteiger partial charge is 0.494 e. The Labute approximate surface area is 112 Å². The Balaban J connectivity index is 2.53. The third kappa shape index (κ3) is 5.42. The quantitative estimate of drug-likeness (QED) is 0.789. The summed E-state index contributed by atoms with van der Waals surface area (Å²) in [7, 11) is 0. The van der Waals surface area contributed by atoms with Crippen LogP contribution >= 0.6 is 0 Å². The van der Waals surface area contributed by atoms with Crippen LogP contribution in [0.15, 0.2) is 24.3 Å². The van der Waals surface area contributed by atoms with E-state index >= 15 is 0 Å². The summed E-state index contributed by atoms with van der Waals surface area (Å²) in [5, 5.41) is 11.3. The maximum atomic E-state index is 11.9. The van der Waals surface area contributed by atoms with Crippen LogP contribution in [0.5, 0.6) is 5.75 Å². The Morgan fingerprint density at radius 1 is 1.42 bits per heavy atom. The Hall–Kier alpha value is -2.04. The fraction of sp³-hybridized carbons (Fsp3) is 0.429. The Morgan fingerprint density at radius 2 is 2.16 bits per heavy atom. The van der Waals surface area contributed by atoms with Crippen molar-refractivity contribution in [1.82, 2.24) is 5.32 Å². The molecule has 19 heavy (non-hydrogen) atoms. The van der Waals surface area contributed by atoms with Crippen molar-refractivity contribution < 1.29 is 19.4 Å². The molecule has 0 aliphatic heterocycles. The molecule has 1 aromatic carbocycles. The van der Waals surface area contributed by atoms with Crippen molar-refractivity contribution in [2.75, 3.05) is 13.2 Å². The van der Waals surface area contributed by atoms with E-state index in [1.165, 1.54) is 0 Å². The minimum Gasteiger partial charge on any atom is -0.494 e. The molecular weight excluding hydrogens is 246 g/mol. The van der Waals surface area contributed by atoms with Crippen LogP contribution in [0.25, 0.3) is 0 Å². The Kier molecular flexibility index (Phi) is 5.85. The van der Waals surface area contributed by atoms with Gasteiger partial charge in [0, 0.05) is 18.5 Å². The lowest BCUT2D eigenvalue weighted by Gasteiger charge is -2.11. The van der Waals surface area contributed by atoms with Gasteiger partial charge in [0.1, 0.15) is 5.75 Å². The van der Waals surface area contributed by atoms with Gasteiger partial charge in [-0.15, -0.1) is 0 Å². The number of aliphatic carboxylic acids is 1. The minimum absolute atomic E-state index is 0.0409. The van der Waals surface area contributed by atoms with E-state index in [2.05, 4.69) is 5.32 Å². The number of carboxylic acids is 1. The molecule has 104 valence electrons. The van der Waals surface area contributed by atoms with Gasteiger partial charge in [-0.3, -0.25) is 9.59 Å². The second-order valence-corrected chi connectivity index (χ2v) is 4.37. The topological polar surface area (TPSA) is 75.6 Å². The Bertz CT molecular complexity index is 445. The first-order valence-corrected chi connectivity index (χ1v) is 6.25. The molecule has 1 amide bonds. The molecular formula is C14H19NO4. The van der Waals surface area contributed by atoms with Crippen LogP contribution in [0.3, 0.4) is 0 Å². The molecule has 0 aromatic heterocycles. The molecule has 0 bridgehead atoms. The minimum atomic E-state index is -0.861. The summed E-state index contributed by atoms with van der Waals surface area (Å²) in [6.07, 6.45) is 0.0409. The zero-order valence-electron chi connectivity index (χ0n) is 11.2. The van der Waals surface area contributed by atoms with Gasteiger partial charge >= 0.3 is 5.97 Å². The summed E-state index contributed by atoms with van der Waals surface area (Å²) in [4.78, 5) is 22.4. The van der Waals surface area contributed by atoms with Crippen LogP contribution in [-0.4, -0.2) is 30.1 Å². The van der Waals surface area contributed by atoms with Crippen molar-refractivity contribution in [2.45, 2.75) is 20.3 Å². The van der Waals surface area contributed by atoms with Crippen LogP contribution in [0.1, 0.15) is 30.6 Å². The molecule has 5 heteroatoms. The maximum absolute atomic E-state index is 11.9. The summed E-state index contributed by atoms with van der Waals surface area (Å²) >= 11 is 0. The standard InChI is InChI=1S/C14H19NO4/c1-3-19-12-6-4-5-11(8-12)14(18)15-9-10(2)7-13(16)17/h4-6,8,10H,3,7,9H2,1-2H3,(H,15,18)(H,16,17). The lowest BCUT2D eigenvalue weighted by Crippen LogP contribution is -2.29. The molecule has 0 aliphatic rings. The second-order valence-electron chi connectivity index (χ2n) is 4.37. The third-order valence-corrected chi connectivity index (χ3v) is 2.54. The van der Waals surface area contributed by atoms with Crippen molar-refractivity contribution in [3.63, 3.8) is 0 Å². The zero-order valence-corrected chi connectivity index (χ0v) is 11.2. The van der Waals surface area contributed by atoms with E-state index in [9.17, 15) is 9.59 Å². The molecule has 1 unspecified atom stereocenters. The molecule has 1 atom stereocenters. The van der Waals surface area contributed by atoms with Crippen LogP contribution in [-0.2, 0) is 4.79 Å². The third-order valence-electron chi connectivity index (χ3n) is 2.54. The lowest BCUT2D eigenvalue weighted by atomic mass is 10.1. The SMILES string of the molecule is CCOc1cccc(C(=O)NCC(C)CC(=O)O)c1. The molecule has 0 aliphatic carbocycles. The summed E-state index contributed by atoms with van der Waals surface area (Å²) in [6.45, 7) is 4.54. The number of carbonyl (C=O) groups excluding carboxylic acids is 1. The van der Waals surface area contributed by atoms with Crippen molar-refractivity contribution in [2.24, 2.45) is 5.92 Å². The van der Waals surface area contributed by atoms with E-state index in [0.717, 1.165) is 0 Å². The molecule has 2 N–H and O–H groups in total. The molecule has 5 nitrogen and oxygen atoms in total. The molecule has 0 heterocycles. The smallest absolute Gasteiger partial charge is 0.303 e. The number of carbonyl (C=O) groups is 2. The van der Waals surface area contributed by atoms with E-state index in [1.54, 1.807) is 31.2 Å². The van der Waals surface area contributed by atoms with Crippen LogP contribution in [0.4, 0.5) is 0 Å². The number of hydrogen-bond acceptors (Lipinski definition) is 3. The predicted octanol–water partition coefficient (Wildman–Crippen LogP) is 1.93. The monoisotopic (exact) mass is 265 g/mol. The van der Waals surface area contributed by atoms with Crippen molar-refractivity contribution >= 4 is 11.9 Å². The lowest BCUT2D eigenvalue weighted by molar-refractivity contribution is -0.137. The number of amides is 1. The fourth-order valence-corrected chi connectivity index (χ4v) is 1.63. The first-order valence-electron chi connectivity index (χ1n) is 6.25. The molecule has 0 radical (unpaired) electrons. The van der Waals surface area contributed by atoms with E-state index in [4.69, 9.17) is 9.84 Å². The summed E-state index contributed by atoms with van der Waals surface area (Å²) in [5.74, 6) is -0.538. The van der Waals surface area contributed by atoms with Crippen molar-refractivity contribution in [3.8, 4) is 5.75 Å². The number of ether oxygens (including phenoxy) is 1. The van der Waals surface area contributed by atoms with E-state index in [0.29, 0.717) is 24.5 Å². The molecule has 0 spiro atoms. The molecule has 1 rings (SSSR count). The summed E-state index contributed by atoms with van der Waals surface area (Å²) in [5.41, 5.74) is 0.508. The predicted molar refractivity (Wildman–Crippen MR) is 71.4 cm³/mol. The van der Waals surface area contributed by atoms with Crippen molar-refractivity contribution in [1.29, 1.82) is 0 Å². The Morgan fingerprint density at radius 3 is 2.79 bits per heavy atom. The first-order chi connectivity index (χ1) is 9.02. The molecule has 0 saturated carbocycles. The van der Waals surface area contributed by atoms with Gasteiger partial charge in [-0.2, -0.15) is 0 Å². The fourth-order valence-electron chi connectivity index (χ4n) is 1.63. The number of hydrogen-bond donors (Lipinski definition) is 2. The molecule has 1 aromatic rings.